The number of hydrogen-bond acceptors (Lipinski definition) is 3. The Kier molecular flexibility index (Phi) is 11.5. The Morgan fingerprint density at radius 2 is 2.06 bits per heavy atom. The molecular formula is C26H41ClN4S. The van der Waals surface area contributed by atoms with Gasteiger partial charge in [-0.05, 0) is 75.4 Å². The molecule has 1 aromatic rings. The number of thiocarbonyl (C=S) groups is 1. The monoisotopic (exact) mass is 476 g/mol. The zero-order chi connectivity index (χ0) is 23.5. The summed E-state index contributed by atoms with van der Waals surface area (Å²) in [5.74, 6) is 2.00. The minimum atomic E-state index is 0.306. The van der Waals surface area contributed by atoms with Crippen LogP contribution in [0.4, 0.5) is 5.69 Å². The molecule has 1 heterocycles. The Morgan fingerprint density at radius 3 is 2.72 bits per heavy atom. The lowest BCUT2D eigenvalue weighted by molar-refractivity contribution is 0.293. The van der Waals surface area contributed by atoms with E-state index in [2.05, 4.69) is 56.2 Å². The lowest BCUT2D eigenvalue weighted by atomic mass is 9.80. The highest BCUT2D eigenvalue weighted by Gasteiger charge is 2.28. The standard InChI is InChI=1S/C26H41ClN4S/c1-6-9-12-19(4)17-21(11-7-2)24(8-3)20(5)29-25-28-15-16-31(25)26(32)30-23-14-10-13-22(27)18-23/h10,13-14,17-18,20-21,24H,6-9,11-12,15-16H2,1-5H3,(H,28,29)(H,30,32). The maximum Gasteiger partial charge on any atom is 0.200 e. The molecule has 4 nitrogen and oxygen atoms in total. The number of nitrogens with zero attached hydrogens (tertiary/aromatic N) is 2. The van der Waals surface area contributed by atoms with Gasteiger partial charge < -0.3 is 10.6 Å². The van der Waals surface area contributed by atoms with Crippen molar-refractivity contribution in [2.24, 2.45) is 16.8 Å². The second kappa shape index (κ2) is 13.8. The smallest absolute Gasteiger partial charge is 0.200 e. The molecule has 2 N–H and O–H groups in total. The van der Waals surface area contributed by atoms with Gasteiger partial charge in [-0.25, -0.2) is 0 Å². The zero-order valence-electron chi connectivity index (χ0n) is 20.5. The molecule has 3 unspecified atom stereocenters. The number of anilines is 1. The van der Waals surface area contributed by atoms with Crippen LogP contribution in [0, 0.1) is 11.8 Å². The van der Waals surface area contributed by atoms with E-state index >= 15 is 0 Å². The number of nitrogens with one attached hydrogen (secondary N) is 2. The van der Waals surface area contributed by atoms with Gasteiger partial charge in [0, 0.05) is 23.3 Å². The summed E-state index contributed by atoms with van der Waals surface area (Å²) < 4.78 is 0. The van der Waals surface area contributed by atoms with Gasteiger partial charge in [-0.15, -0.1) is 0 Å². The topological polar surface area (TPSA) is 39.7 Å². The lowest BCUT2D eigenvalue weighted by Gasteiger charge is -2.33. The summed E-state index contributed by atoms with van der Waals surface area (Å²) in [6.45, 7) is 13.0. The number of unbranched alkanes of at least 4 members (excludes halogenated alkanes) is 1. The molecule has 0 spiro atoms. The van der Waals surface area contributed by atoms with Crippen LogP contribution in [-0.2, 0) is 0 Å². The second-order valence-corrected chi connectivity index (χ2v) is 9.69. The predicted octanol–water partition coefficient (Wildman–Crippen LogP) is 7.27. The summed E-state index contributed by atoms with van der Waals surface area (Å²) >= 11 is 11.8. The molecule has 3 atom stereocenters. The highest BCUT2D eigenvalue weighted by molar-refractivity contribution is 7.80. The number of benzene rings is 1. The van der Waals surface area contributed by atoms with E-state index in [9.17, 15) is 0 Å². The minimum absolute atomic E-state index is 0.306. The number of allylic oxidation sites excluding steroid dienone is 2. The van der Waals surface area contributed by atoms with Crippen molar-refractivity contribution < 1.29 is 0 Å². The fourth-order valence-electron chi connectivity index (χ4n) is 4.52. The summed E-state index contributed by atoms with van der Waals surface area (Å²) in [6, 6.07) is 7.93. The summed E-state index contributed by atoms with van der Waals surface area (Å²) in [6.07, 6.45) is 9.83. The molecule has 1 aliphatic rings. The van der Waals surface area contributed by atoms with Crippen LogP contribution in [0.25, 0.3) is 0 Å². The SMILES string of the molecule is CCCCC(C)=CC(CCC)C(CC)C(C)NC1=NCCN1C(=S)Nc1cccc(Cl)c1. The van der Waals surface area contributed by atoms with E-state index in [1.54, 1.807) is 0 Å². The van der Waals surface area contributed by atoms with Crippen molar-refractivity contribution in [3.05, 3.63) is 40.9 Å². The van der Waals surface area contributed by atoms with Crippen molar-refractivity contribution in [1.82, 2.24) is 10.2 Å². The van der Waals surface area contributed by atoms with Crippen LogP contribution < -0.4 is 10.6 Å². The van der Waals surface area contributed by atoms with Crippen LogP contribution in [-0.4, -0.2) is 35.1 Å². The molecule has 32 heavy (non-hydrogen) atoms. The molecule has 0 aliphatic carbocycles. The van der Waals surface area contributed by atoms with Crippen LogP contribution in [0.1, 0.15) is 73.1 Å². The Labute approximate surface area is 205 Å². The van der Waals surface area contributed by atoms with E-state index in [0.29, 0.717) is 28.0 Å². The van der Waals surface area contributed by atoms with Crippen LogP contribution in [0.15, 0.2) is 40.9 Å². The third-order valence-corrected chi connectivity index (χ3v) is 6.79. The fraction of sp³-hybridized carbons (Fsp3) is 0.615. The Hall–Kier alpha value is -1.59. The van der Waals surface area contributed by atoms with Gasteiger partial charge in [0.15, 0.2) is 5.11 Å². The second-order valence-electron chi connectivity index (χ2n) is 8.87. The van der Waals surface area contributed by atoms with E-state index in [0.717, 1.165) is 31.2 Å². The molecule has 178 valence electrons. The largest absolute Gasteiger partial charge is 0.353 e. The number of halogens is 1. The molecular weight excluding hydrogens is 436 g/mol. The predicted molar refractivity (Wildman–Crippen MR) is 145 cm³/mol. The first-order chi connectivity index (χ1) is 15.4. The quantitative estimate of drug-likeness (QED) is 0.260. The number of aliphatic imine (C=N–C) groups is 1. The summed E-state index contributed by atoms with van der Waals surface area (Å²) in [5.41, 5.74) is 2.42. The van der Waals surface area contributed by atoms with Crippen molar-refractivity contribution in [3.63, 3.8) is 0 Å². The molecule has 0 saturated heterocycles. The fourth-order valence-corrected chi connectivity index (χ4v) is 5.01. The Morgan fingerprint density at radius 1 is 1.28 bits per heavy atom. The molecule has 1 aliphatic heterocycles. The Balaban J connectivity index is 2.06. The summed E-state index contributed by atoms with van der Waals surface area (Å²) in [7, 11) is 0. The molecule has 2 rings (SSSR count). The van der Waals surface area contributed by atoms with Gasteiger partial charge in [-0.2, -0.15) is 0 Å². The van der Waals surface area contributed by atoms with E-state index in [1.807, 2.05) is 24.3 Å². The minimum Gasteiger partial charge on any atom is -0.353 e. The number of hydrogen-bond donors (Lipinski definition) is 2. The van der Waals surface area contributed by atoms with Crippen molar-refractivity contribution in [1.29, 1.82) is 0 Å². The molecule has 0 fully saturated rings. The highest BCUT2D eigenvalue weighted by Crippen LogP contribution is 2.28. The van der Waals surface area contributed by atoms with Crippen LogP contribution in [0.5, 0.6) is 0 Å². The van der Waals surface area contributed by atoms with Gasteiger partial charge in [-0.3, -0.25) is 9.89 Å². The Bertz CT molecular complexity index is 792. The normalized spacial score (nSPS) is 17.0. The first-order valence-corrected chi connectivity index (χ1v) is 13.0. The van der Waals surface area contributed by atoms with Gasteiger partial charge in [0.2, 0.25) is 5.96 Å². The van der Waals surface area contributed by atoms with Gasteiger partial charge in [0.05, 0.1) is 6.54 Å². The maximum atomic E-state index is 6.12. The van der Waals surface area contributed by atoms with Crippen molar-refractivity contribution in [2.45, 2.75) is 79.2 Å². The third-order valence-electron chi connectivity index (χ3n) is 6.23. The summed E-state index contributed by atoms with van der Waals surface area (Å²) in [4.78, 5) is 6.79. The average molecular weight is 477 g/mol. The van der Waals surface area contributed by atoms with E-state index < -0.39 is 0 Å². The van der Waals surface area contributed by atoms with E-state index in [1.165, 1.54) is 37.7 Å². The van der Waals surface area contributed by atoms with Crippen molar-refractivity contribution >= 4 is 40.6 Å². The zero-order valence-corrected chi connectivity index (χ0v) is 22.0. The maximum absolute atomic E-state index is 6.12. The molecule has 0 aromatic heterocycles. The van der Waals surface area contributed by atoms with Gasteiger partial charge in [0.25, 0.3) is 0 Å². The number of rotatable bonds is 11. The number of guanidine groups is 1. The van der Waals surface area contributed by atoms with Crippen molar-refractivity contribution in [3.8, 4) is 0 Å². The van der Waals surface area contributed by atoms with Crippen LogP contribution in [0.3, 0.4) is 0 Å². The average Bonchev–Trinajstić information content (AvgIpc) is 3.21. The van der Waals surface area contributed by atoms with Crippen molar-refractivity contribution in [2.75, 3.05) is 18.4 Å². The molecule has 0 amide bonds. The first kappa shape index (κ1) is 26.7. The molecule has 0 bridgehead atoms. The lowest BCUT2D eigenvalue weighted by Crippen LogP contribution is -2.49. The van der Waals surface area contributed by atoms with E-state index in [4.69, 9.17) is 28.8 Å². The first-order valence-electron chi connectivity index (χ1n) is 12.2. The molecule has 0 saturated carbocycles. The van der Waals surface area contributed by atoms with Gasteiger partial charge >= 0.3 is 0 Å². The van der Waals surface area contributed by atoms with Crippen LogP contribution >= 0.6 is 23.8 Å². The molecule has 0 radical (unpaired) electrons. The van der Waals surface area contributed by atoms with Crippen LogP contribution in [0.2, 0.25) is 5.02 Å². The molecule has 1 aromatic carbocycles. The summed E-state index contributed by atoms with van der Waals surface area (Å²) in [5, 5.41) is 8.35. The highest BCUT2D eigenvalue weighted by atomic mass is 35.5. The third kappa shape index (κ3) is 8.08. The van der Waals surface area contributed by atoms with Gasteiger partial charge in [0.1, 0.15) is 0 Å². The van der Waals surface area contributed by atoms with E-state index in [-0.39, 0.29) is 0 Å². The van der Waals surface area contributed by atoms with Gasteiger partial charge in [-0.1, -0.05) is 69.4 Å². The molecule has 6 heteroatoms.